The van der Waals surface area contributed by atoms with Crippen LogP contribution in [0.15, 0.2) is 78.9 Å². The number of hydrogen-bond donors (Lipinski definition) is 1. The average Bonchev–Trinajstić information content (AvgIpc) is 2.92. The predicted octanol–water partition coefficient (Wildman–Crippen LogP) is 5.13. The van der Waals surface area contributed by atoms with Crippen LogP contribution in [0, 0.1) is 12.8 Å². The van der Waals surface area contributed by atoms with E-state index >= 15 is 0 Å². The number of ether oxygens (including phenoxy) is 1. The molecule has 9 heteroatoms. The molecule has 0 aromatic heterocycles. The van der Waals surface area contributed by atoms with Crippen molar-refractivity contribution in [3.63, 3.8) is 0 Å². The maximum atomic E-state index is 13.8. The van der Waals surface area contributed by atoms with Crippen molar-refractivity contribution in [1.82, 2.24) is 10.2 Å². The highest BCUT2D eigenvalue weighted by Gasteiger charge is 2.31. The number of carbonyl (C=O) groups is 2. The van der Waals surface area contributed by atoms with E-state index in [1.165, 1.54) is 4.90 Å². The van der Waals surface area contributed by atoms with Gasteiger partial charge in [-0.1, -0.05) is 68.8 Å². The van der Waals surface area contributed by atoms with E-state index in [0.717, 1.165) is 21.7 Å². The Morgan fingerprint density at radius 3 is 2.05 bits per heavy atom. The highest BCUT2D eigenvalue weighted by Crippen LogP contribution is 2.26. The van der Waals surface area contributed by atoms with Crippen molar-refractivity contribution in [1.29, 1.82) is 0 Å². The predicted molar refractivity (Wildman–Crippen MR) is 159 cm³/mol. The van der Waals surface area contributed by atoms with E-state index in [1.807, 2.05) is 82.3 Å². The summed E-state index contributed by atoms with van der Waals surface area (Å²) < 4.78 is 32.6. The van der Waals surface area contributed by atoms with Crippen LogP contribution in [-0.2, 0) is 26.2 Å². The molecule has 0 aliphatic rings. The summed E-state index contributed by atoms with van der Waals surface area (Å²) >= 11 is 0. The number of anilines is 1. The summed E-state index contributed by atoms with van der Waals surface area (Å²) in [5, 5.41) is 2.93. The van der Waals surface area contributed by atoms with Gasteiger partial charge in [0.15, 0.2) is 0 Å². The summed E-state index contributed by atoms with van der Waals surface area (Å²) in [4.78, 5) is 28.4. The zero-order valence-electron chi connectivity index (χ0n) is 23.8. The number of nitrogens with zero attached hydrogens (tertiary/aromatic N) is 2. The van der Waals surface area contributed by atoms with Crippen molar-refractivity contribution < 1.29 is 22.7 Å². The van der Waals surface area contributed by atoms with Crippen molar-refractivity contribution in [3.05, 3.63) is 90.0 Å². The van der Waals surface area contributed by atoms with Crippen molar-refractivity contribution in [2.24, 2.45) is 5.92 Å². The van der Waals surface area contributed by atoms with Crippen LogP contribution in [-0.4, -0.2) is 50.5 Å². The Hall–Kier alpha value is -3.85. The van der Waals surface area contributed by atoms with Gasteiger partial charge in [0, 0.05) is 13.1 Å². The second-order valence-electron chi connectivity index (χ2n) is 10.2. The fraction of sp³-hybridized carbons (Fsp3) is 0.355. The molecule has 0 bridgehead atoms. The van der Waals surface area contributed by atoms with Gasteiger partial charge in [-0.05, 0) is 61.2 Å². The lowest BCUT2D eigenvalue weighted by Gasteiger charge is -2.33. The third kappa shape index (κ3) is 8.84. The number of amides is 2. The van der Waals surface area contributed by atoms with Crippen LogP contribution in [0.25, 0.3) is 0 Å². The molecule has 1 unspecified atom stereocenters. The van der Waals surface area contributed by atoms with Crippen LogP contribution < -0.4 is 14.4 Å². The van der Waals surface area contributed by atoms with Gasteiger partial charge in [-0.15, -0.1) is 0 Å². The molecular weight excluding hydrogens is 526 g/mol. The van der Waals surface area contributed by atoms with Crippen molar-refractivity contribution in [2.45, 2.75) is 46.7 Å². The Morgan fingerprint density at radius 2 is 1.50 bits per heavy atom. The van der Waals surface area contributed by atoms with Crippen LogP contribution >= 0.6 is 0 Å². The van der Waals surface area contributed by atoms with Crippen LogP contribution in [0.2, 0.25) is 0 Å². The van der Waals surface area contributed by atoms with E-state index in [4.69, 9.17) is 4.74 Å². The van der Waals surface area contributed by atoms with Gasteiger partial charge >= 0.3 is 0 Å². The van der Waals surface area contributed by atoms with E-state index in [2.05, 4.69) is 5.32 Å². The minimum Gasteiger partial charge on any atom is -0.457 e. The van der Waals surface area contributed by atoms with Crippen molar-refractivity contribution in [3.8, 4) is 11.5 Å². The lowest BCUT2D eigenvalue weighted by atomic mass is 10.1. The molecule has 1 N–H and O–H groups in total. The van der Waals surface area contributed by atoms with Gasteiger partial charge in [0.05, 0.1) is 11.9 Å². The number of benzene rings is 3. The number of nitrogens with one attached hydrogen (secondary N) is 1. The number of para-hydroxylation sites is 1. The average molecular weight is 566 g/mol. The molecule has 0 aliphatic heterocycles. The lowest BCUT2D eigenvalue weighted by Crippen LogP contribution is -2.52. The Kier molecular flexibility index (Phi) is 10.7. The second kappa shape index (κ2) is 14.0. The zero-order valence-corrected chi connectivity index (χ0v) is 24.6. The number of carbonyl (C=O) groups excluding carboxylic acids is 2. The normalized spacial score (nSPS) is 12.1. The van der Waals surface area contributed by atoms with Gasteiger partial charge in [0.2, 0.25) is 21.8 Å². The highest BCUT2D eigenvalue weighted by molar-refractivity contribution is 7.92. The van der Waals surface area contributed by atoms with Crippen LogP contribution in [0.3, 0.4) is 0 Å². The van der Waals surface area contributed by atoms with Crippen molar-refractivity contribution in [2.75, 3.05) is 23.7 Å². The molecule has 0 saturated carbocycles. The topological polar surface area (TPSA) is 96.0 Å². The molecule has 2 amide bonds. The highest BCUT2D eigenvalue weighted by atomic mass is 32.2. The first-order chi connectivity index (χ1) is 19.0. The van der Waals surface area contributed by atoms with E-state index in [0.29, 0.717) is 30.2 Å². The number of sulfonamides is 1. The minimum atomic E-state index is -3.83. The molecule has 0 radical (unpaired) electrons. The maximum absolute atomic E-state index is 13.8. The molecule has 3 rings (SSSR count). The second-order valence-corrected chi connectivity index (χ2v) is 12.2. The molecule has 3 aromatic rings. The third-order valence-electron chi connectivity index (χ3n) is 6.33. The summed E-state index contributed by atoms with van der Waals surface area (Å²) in [5.74, 6) is 0.700. The first-order valence-corrected chi connectivity index (χ1v) is 15.3. The number of hydrogen-bond acceptors (Lipinski definition) is 5. The maximum Gasteiger partial charge on any atom is 0.244 e. The minimum absolute atomic E-state index is 0.175. The van der Waals surface area contributed by atoms with E-state index < -0.39 is 28.5 Å². The van der Waals surface area contributed by atoms with Crippen LogP contribution in [0.4, 0.5) is 5.69 Å². The standard InChI is InChI=1S/C31H39N3O5S/c1-6-29(31(36)32-20-23(2)3)33(21-25-14-12-24(4)13-15-25)30(35)22-34(40(5,37)38)26-16-18-28(19-17-26)39-27-10-8-7-9-11-27/h7-19,23,29H,6,20-22H2,1-5H3,(H,32,36). The van der Waals surface area contributed by atoms with Gasteiger partial charge in [-0.2, -0.15) is 0 Å². The molecule has 0 saturated heterocycles. The van der Waals surface area contributed by atoms with Gasteiger partial charge < -0.3 is 15.0 Å². The lowest BCUT2D eigenvalue weighted by molar-refractivity contribution is -0.140. The molecule has 0 fully saturated rings. The molecule has 0 aliphatic carbocycles. The van der Waals surface area contributed by atoms with Gasteiger partial charge in [-0.25, -0.2) is 8.42 Å². The molecular formula is C31H39N3O5S. The van der Waals surface area contributed by atoms with Crippen LogP contribution in [0.1, 0.15) is 38.3 Å². The number of aryl methyl sites for hydroxylation is 1. The first-order valence-electron chi connectivity index (χ1n) is 13.4. The molecule has 40 heavy (non-hydrogen) atoms. The van der Waals surface area contributed by atoms with E-state index in [9.17, 15) is 18.0 Å². The number of rotatable bonds is 13. The van der Waals surface area contributed by atoms with Gasteiger partial charge in [0.25, 0.3) is 0 Å². The molecule has 1 atom stereocenters. The van der Waals surface area contributed by atoms with Crippen LogP contribution in [0.5, 0.6) is 11.5 Å². The molecule has 0 spiro atoms. The fourth-order valence-electron chi connectivity index (χ4n) is 4.15. The van der Waals surface area contributed by atoms with Gasteiger partial charge in [-0.3, -0.25) is 13.9 Å². The molecule has 3 aromatic carbocycles. The zero-order chi connectivity index (χ0) is 29.3. The van der Waals surface area contributed by atoms with E-state index in [-0.39, 0.29) is 18.4 Å². The summed E-state index contributed by atoms with van der Waals surface area (Å²) in [6, 6.07) is 22.7. The molecule has 8 nitrogen and oxygen atoms in total. The smallest absolute Gasteiger partial charge is 0.244 e. The van der Waals surface area contributed by atoms with E-state index in [1.54, 1.807) is 24.3 Å². The molecule has 0 heterocycles. The Balaban J connectivity index is 1.88. The SMILES string of the molecule is CCC(C(=O)NCC(C)C)N(Cc1ccc(C)cc1)C(=O)CN(c1ccc(Oc2ccccc2)cc1)S(C)(=O)=O. The van der Waals surface area contributed by atoms with Gasteiger partial charge in [0.1, 0.15) is 24.1 Å². The van der Waals surface area contributed by atoms with Crippen molar-refractivity contribution >= 4 is 27.5 Å². The molecule has 214 valence electrons. The quantitative estimate of drug-likeness (QED) is 0.310. The Morgan fingerprint density at radius 1 is 0.900 bits per heavy atom. The summed E-state index contributed by atoms with van der Waals surface area (Å²) in [6.07, 6.45) is 1.44. The Bertz CT molecular complexity index is 1360. The summed E-state index contributed by atoms with van der Waals surface area (Å²) in [6.45, 7) is 8.02. The fourth-order valence-corrected chi connectivity index (χ4v) is 5.00. The Labute approximate surface area is 238 Å². The third-order valence-corrected chi connectivity index (χ3v) is 7.47. The monoisotopic (exact) mass is 565 g/mol. The summed E-state index contributed by atoms with van der Waals surface area (Å²) in [5.41, 5.74) is 2.25. The first kappa shape index (κ1) is 30.7. The largest absolute Gasteiger partial charge is 0.457 e. The summed E-state index contributed by atoms with van der Waals surface area (Å²) in [7, 11) is -3.83.